The minimum atomic E-state index is -4.64. The summed E-state index contributed by atoms with van der Waals surface area (Å²) >= 11 is 0. The van der Waals surface area contributed by atoms with Gasteiger partial charge in [0.15, 0.2) is 0 Å². The van der Waals surface area contributed by atoms with Crippen LogP contribution in [0.1, 0.15) is 19.3 Å². The van der Waals surface area contributed by atoms with E-state index in [1.807, 2.05) is 0 Å². The first-order valence-electron chi connectivity index (χ1n) is 3.30. The summed E-state index contributed by atoms with van der Waals surface area (Å²) in [6.45, 7) is 0. The Morgan fingerprint density at radius 1 is 1.42 bits per heavy atom. The lowest BCUT2D eigenvalue weighted by Gasteiger charge is -2.12. The molecule has 0 radical (unpaired) electrons. The van der Waals surface area contributed by atoms with Crippen LogP contribution in [0.15, 0.2) is 0 Å². The second kappa shape index (κ2) is 4.30. The van der Waals surface area contributed by atoms with Crippen LogP contribution in [0.3, 0.4) is 0 Å². The smallest absolute Gasteiger partial charge is 0.414 e. The summed E-state index contributed by atoms with van der Waals surface area (Å²) in [6, 6.07) is 0. The SMILES string of the molecule is O=C(O)CCCC(O)C(F)(F)F. The summed E-state index contributed by atoms with van der Waals surface area (Å²) in [7, 11) is 0. The molecule has 0 aromatic carbocycles. The van der Waals surface area contributed by atoms with Crippen molar-refractivity contribution in [1.82, 2.24) is 0 Å². The molecule has 0 saturated heterocycles. The van der Waals surface area contributed by atoms with Crippen LogP contribution in [0.5, 0.6) is 0 Å². The van der Waals surface area contributed by atoms with Crippen molar-refractivity contribution < 1.29 is 28.2 Å². The number of aliphatic hydroxyl groups is 1. The molecule has 0 aromatic heterocycles. The van der Waals surface area contributed by atoms with E-state index in [4.69, 9.17) is 10.2 Å². The summed E-state index contributed by atoms with van der Waals surface area (Å²) in [5.74, 6) is -1.16. The molecule has 0 amide bonds. The van der Waals surface area contributed by atoms with Crippen molar-refractivity contribution >= 4 is 5.97 Å². The third-order valence-corrected chi connectivity index (χ3v) is 1.25. The highest BCUT2D eigenvalue weighted by Crippen LogP contribution is 2.23. The van der Waals surface area contributed by atoms with E-state index >= 15 is 0 Å². The van der Waals surface area contributed by atoms with Gasteiger partial charge < -0.3 is 10.2 Å². The molecule has 12 heavy (non-hydrogen) atoms. The zero-order chi connectivity index (χ0) is 9.78. The minimum absolute atomic E-state index is 0.171. The number of halogens is 3. The fourth-order valence-corrected chi connectivity index (χ4v) is 0.610. The summed E-state index contributed by atoms with van der Waals surface area (Å²) in [6.07, 6.45) is -8.13. The third kappa shape index (κ3) is 4.95. The average molecular weight is 186 g/mol. The maximum atomic E-state index is 11.6. The molecule has 0 rings (SSSR count). The maximum absolute atomic E-state index is 11.6. The normalized spacial score (nSPS) is 14.3. The van der Waals surface area contributed by atoms with E-state index in [-0.39, 0.29) is 12.8 Å². The molecular formula is C6H9F3O3. The second-order valence-corrected chi connectivity index (χ2v) is 2.34. The van der Waals surface area contributed by atoms with Crippen LogP contribution >= 0.6 is 0 Å². The number of rotatable bonds is 4. The summed E-state index contributed by atoms with van der Waals surface area (Å²) < 4.78 is 34.7. The molecule has 0 aliphatic carbocycles. The van der Waals surface area contributed by atoms with E-state index < -0.39 is 24.7 Å². The van der Waals surface area contributed by atoms with Crippen LogP contribution in [0.25, 0.3) is 0 Å². The molecule has 1 atom stereocenters. The van der Waals surface area contributed by atoms with E-state index in [0.717, 1.165) is 0 Å². The molecule has 1 unspecified atom stereocenters. The van der Waals surface area contributed by atoms with Crippen LogP contribution < -0.4 is 0 Å². The molecule has 0 bridgehead atoms. The number of carbonyl (C=O) groups is 1. The standard InChI is InChI=1S/C6H9F3O3/c7-6(8,9)4(10)2-1-3-5(11)12/h4,10H,1-3H2,(H,11,12). The minimum Gasteiger partial charge on any atom is -0.481 e. The van der Waals surface area contributed by atoms with Crippen molar-refractivity contribution in [1.29, 1.82) is 0 Å². The van der Waals surface area contributed by atoms with Gasteiger partial charge in [-0.05, 0) is 12.8 Å². The van der Waals surface area contributed by atoms with Gasteiger partial charge in [0.1, 0.15) is 6.10 Å². The van der Waals surface area contributed by atoms with E-state index in [2.05, 4.69) is 0 Å². The van der Waals surface area contributed by atoms with E-state index in [0.29, 0.717) is 0 Å². The monoisotopic (exact) mass is 186 g/mol. The predicted octanol–water partition coefficient (Wildman–Crippen LogP) is 1.16. The first-order chi connectivity index (χ1) is 5.34. The Morgan fingerprint density at radius 3 is 2.25 bits per heavy atom. The fourth-order valence-electron chi connectivity index (χ4n) is 0.610. The molecule has 0 spiro atoms. The van der Waals surface area contributed by atoms with Gasteiger partial charge in [0.2, 0.25) is 0 Å². The van der Waals surface area contributed by atoms with E-state index in [9.17, 15) is 18.0 Å². The number of alkyl halides is 3. The lowest BCUT2D eigenvalue weighted by molar-refractivity contribution is -0.205. The molecule has 0 aliphatic rings. The van der Waals surface area contributed by atoms with Crippen molar-refractivity contribution in [3.05, 3.63) is 0 Å². The van der Waals surface area contributed by atoms with Crippen LogP contribution in [-0.4, -0.2) is 28.5 Å². The van der Waals surface area contributed by atoms with Crippen molar-refractivity contribution in [2.75, 3.05) is 0 Å². The Labute approximate surface area is 66.8 Å². The number of carboxylic acid groups (broad SMARTS) is 1. The van der Waals surface area contributed by atoms with Crippen molar-refractivity contribution in [3.8, 4) is 0 Å². The lowest BCUT2D eigenvalue weighted by Crippen LogP contribution is -2.28. The van der Waals surface area contributed by atoms with Crippen LogP contribution in [-0.2, 0) is 4.79 Å². The van der Waals surface area contributed by atoms with Crippen molar-refractivity contribution in [2.45, 2.75) is 31.5 Å². The Balaban J connectivity index is 3.58. The molecule has 0 heterocycles. The zero-order valence-electron chi connectivity index (χ0n) is 6.14. The van der Waals surface area contributed by atoms with Crippen LogP contribution in [0.4, 0.5) is 13.2 Å². The van der Waals surface area contributed by atoms with Gasteiger partial charge in [-0.15, -0.1) is 0 Å². The molecule has 0 aromatic rings. The summed E-state index contributed by atoms with van der Waals surface area (Å²) in [5.41, 5.74) is 0. The molecule has 0 saturated carbocycles. The van der Waals surface area contributed by atoms with E-state index in [1.165, 1.54) is 0 Å². The van der Waals surface area contributed by atoms with Gasteiger partial charge in [-0.2, -0.15) is 13.2 Å². The Morgan fingerprint density at radius 2 is 1.92 bits per heavy atom. The third-order valence-electron chi connectivity index (χ3n) is 1.25. The first-order valence-corrected chi connectivity index (χ1v) is 3.30. The van der Waals surface area contributed by atoms with Crippen LogP contribution in [0.2, 0.25) is 0 Å². The first kappa shape index (κ1) is 11.2. The second-order valence-electron chi connectivity index (χ2n) is 2.34. The number of carboxylic acids is 1. The molecule has 6 heteroatoms. The highest BCUT2D eigenvalue weighted by Gasteiger charge is 2.37. The van der Waals surface area contributed by atoms with Gasteiger partial charge in [-0.3, -0.25) is 4.79 Å². The van der Waals surface area contributed by atoms with Crippen LogP contribution in [0, 0.1) is 0 Å². The molecule has 2 N–H and O–H groups in total. The highest BCUT2D eigenvalue weighted by molar-refractivity contribution is 5.66. The quantitative estimate of drug-likeness (QED) is 0.692. The molecule has 0 fully saturated rings. The molecule has 0 aliphatic heterocycles. The van der Waals surface area contributed by atoms with Gasteiger partial charge in [0, 0.05) is 6.42 Å². The number of hydrogen-bond donors (Lipinski definition) is 2. The maximum Gasteiger partial charge on any atom is 0.414 e. The topological polar surface area (TPSA) is 57.5 Å². The Kier molecular flexibility index (Phi) is 4.02. The number of hydrogen-bond acceptors (Lipinski definition) is 2. The van der Waals surface area contributed by atoms with E-state index in [1.54, 1.807) is 0 Å². The largest absolute Gasteiger partial charge is 0.481 e. The number of aliphatic carboxylic acids is 1. The van der Waals surface area contributed by atoms with Crippen molar-refractivity contribution in [2.24, 2.45) is 0 Å². The average Bonchev–Trinajstić information content (AvgIpc) is 1.84. The van der Waals surface area contributed by atoms with Gasteiger partial charge in [-0.25, -0.2) is 0 Å². The Hall–Kier alpha value is -0.780. The summed E-state index contributed by atoms with van der Waals surface area (Å²) in [5, 5.41) is 16.4. The van der Waals surface area contributed by atoms with Crippen molar-refractivity contribution in [3.63, 3.8) is 0 Å². The van der Waals surface area contributed by atoms with Gasteiger partial charge in [0.05, 0.1) is 0 Å². The zero-order valence-corrected chi connectivity index (χ0v) is 6.14. The molecular weight excluding hydrogens is 177 g/mol. The van der Waals surface area contributed by atoms with Gasteiger partial charge in [-0.1, -0.05) is 0 Å². The Bertz CT molecular complexity index is 155. The summed E-state index contributed by atoms with van der Waals surface area (Å²) in [4.78, 5) is 9.87. The lowest BCUT2D eigenvalue weighted by atomic mass is 10.1. The molecule has 72 valence electrons. The fraction of sp³-hybridized carbons (Fsp3) is 0.833. The number of aliphatic hydroxyl groups excluding tert-OH is 1. The molecule has 3 nitrogen and oxygen atoms in total. The predicted molar refractivity (Wildman–Crippen MR) is 33.5 cm³/mol. The van der Waals surface area contributed by atoms with Gasteiger partial charge in [0.25, 0.3) is 0 Å². The highest BCUT2D eigenvalue weighted by atomic mass is 19.4. The van der Waals surface area contributed by atoms with Gasteiger partial charge >= 0.3 is 12.1 Å².